The maximum atomic E-state index is 11.8. The minimum atomic E-state index is -4.77. The highest BCUT2D eigenvalue weighted by Crippen LogP contribution is 2.27. The quantitative estimate of drug-likeness (QED) is 0.432. The van der Waals surface area contributed by atoms with Crippen LogP contribution in [0.1, 0.15) is 0 Å². The van der Waals surface area contributed by atoms with Crippen LogP contribution < -0.4 is 5.73 Å². The Hall–Kier alpha value is -0.340. The number of hydrogen-bond acceptors (Lipinski definition) is 2. The van der Waals surface area contributed by atoms with Crippen molar-refractivity contribution in [2.24, 2.45) is 5.73 Å². The number of hydrogen-bond donors (Lipinski definition) is 2. The van der Waals surface area contributed by atoms with E-state index in [9.17, 15) is 17.6 Å². The molecule has 0 unspecified atom stereocenters. The summed E-state index contributed by atoms with van der Waals surface area (Å²) in [6.07, 6.45) is -4.77. The topological polar surface area (TPSA) is 49.9 Å². The Balaban J connectivity index is 4.82. The summed E-state index contributed by atoms with van der Waals surface area (Å²) in [4.78, 5) is 0. The standard InChI is InChI=1S/C4H3F4IN2/c5-3(11)1(9)2(10)4(6,7)8/h11H,10H2. The van der Waals surface area contributed by atoms with Crippen molar-refractivity contribution in [2.45, 2.75) is 6.18 Å². The molecule has 0 heterocycles. The summed E-state index contributed by atoms with van der Waals surface area (Å²) in [7, 11) is 0. The van der Waals surface area contributed by atoms with Crippen molar-refractivity contribution >= 4 is 28.6 Å². The van der Waals surface area contributed by atoms with Crippen LogP contribution in [0.4, 0.5) is 17.6 Å². The van der Waals surface area contributed by atoms with Gasteiger partial charge in [-0.25, -0.2) is 0 Å². The Morgan fingerprint density at radius 3 is 1.82 bits per heavy atom. The van der Waals surface area contributed by atoms with E-state index in [4.69, 9.17) is 5.41 Å². The van der Waals surface area contributed by atoms with E-state index in [-0.39, 0.29) is 0 Å². The highest BCUT2D eigenvalue weighted by molar-refractivity contribution is 14.1. The predicted molar refractivity (Wildman–Crippen MR) is 40.1 cm³/mol. The van der Waals surface area contributed by atoms with Gasteiger partial charge in [0, 0.05) is 0 Å². The molecule has 0 bridgehead atoms. The Bertz CT molecular complexity index is 207. The van der Waals surface area contributed by atoms with E-state index >= 15 is 0 Å². The van der Waals surface area contributed by atoms with Crippen molar-refractivity contribution in [3.63, 3.8) is 0 Å². The predicted octanol–water partition coefficient (Wildman–Crippen LogP) is 2.10. The maximum Gasteiger partial charge on any atom is 0.431 e. The molecular weight excluding hydrogens is 279 g/mol. The summed E-state index contributed by atoms with van der Waals surface area (Å²) >= 11 is 1.02. The zero-order chi connectivity index (χ0) is 9.23. The smallest absolute Gasteiger partial charge is 0.394 e. The normalized spacial score (nSPS) is 14.3. The summed E-state index contributed by atoms with van der Waals surface area (Å²) in [5.41, 5.74) is 2.88. The van der Waals surface area contributed by atoms with E-state index in [0.717, 1.165) is 22.6 Å². The number of halogens is 5. The first-order chi connectivity index (χ1) is 4.76. The van der Waals surface area contributed by atoms with Crippen molar-refractivity contribution in [1.29, 1.82) is 5.41 Å². The fourth-order valence-corrected chi connectivity index (χ4v) is 0.548. The van der Waals surface area contributed by atoms with Gasteiger partial charge in [0.15, 0.2) is 0 Å². The van der Waals surface area contributed by atoms with Crippen LogP contribution in [0.15, 0.2) is 9.28 Å². The van der Waals surface area contributed by atoms with Crippen molar-refractivity contribution in [3.8, 4) is 0 Å². The molecule has 0 aromatic carbocycles. The SMILES string of the molecule is N=C(F)C(I)=C(N)C(F)(F)F. The van der Waals surface area contributed by atoms with E-state index in [0.29, 0.717) is 0 Å². The molecule has 2 nitrogen and oxygen atoms in total. The van der Waals surface area contributed by atoms with Gasteiger partial charge in [-0.05, 0) is 22.6 Å². The molecule has 0 aliphatic carbocycles. The summed E-state index contributed by atoms with van der Waals surface area (Å²) < 4.78 is 45.7. The third-order valence-electron chi connectivity index (χ3n) is 0.735. The van der Waals surface area contributed by atoms with Gasteiger partial charge in [0.2, 0.25) is 5.97 Å². The molecule has 0 aromatic rings. The van der Waals surface area contributed by atoms with Gasteiger partial charge in [0.05, 0.1) is 3.58 Å². The second-order valence-corrected chi connectivity index (χ2v) is 2.62. The van der Waals surface area contributed by atoms with Crippen LogP contribution in [0.2, 0.25) is 0 Å². The van der Waals surface area contributed by atoms with Gasteiger partial charge in [0.1, 0.15) is 5.70 Å². The van der Waals surface area contributed by atoms with E-state index < -0.39 is 21.4 Å². The molecule has 0 saturated heterocycles. The van der Waals surface area contributed by atoms with Crippen molar-refractivity contribution in [2.75, 3.05) is 0 Å². The summed E-state index contributed by atoms with van der Waals surface area (Å²) in [6, 6.07) is 0. The molecule has 0 amide bonds. The van der Waals surface area contributed by atoms with Gasteiger partial charge < -0.3 is 5.73 Å². The number of alkyl halides is 3. The molecule has 0 fully saturated rings. The molecule has 0 spiro atoms. The van der Waals surface area contributed by atoms with Crippen LogP contribution in [-0.2, 0) is 0 Å². The van der Waals surface area contributed by atoms with Gasteiger partial charge in [-0.3, -0.25) is 5.41 Å². The zero-order valence-corrected chi connectivity index (χ0v) is 7.12. The van der Waals surface area contributed by atoms with Crippen LogP contribution in [0, 0.1) is 5.41 Å². The lowest BCUT2D eigenvalue weighted by Gasteiger charge is -2.06. The van der Waals surface area contributed by atoms with E-state index in [2.05, 4.69) is 5.73 Å². The summed E-state index contributed by atoms with van der Waals surface area (Å²) in [5, 5.41) is 6.20. The molecule has 11 heavy (non-hydrogen) atoms. The molecule has 0 aliphatic heterocycles. The van der Waals surface area contributed by atoms with E-state index in [1.54, 1.807) is 0 Å². The third kappa shape index (κ3) is 3.04. The van der Waals surface area contributed by atoms with Crippen LogP contribution in [-0.4, -0.2) is 12.1 Å². The lowest BCUT2D eigenvalue weighted by Crippen LogP contribution is -2.21. The first-order valence-electron chi connectivity index (χ1n) is 2.23. The molecule has 0 aromatic heterocycles. The van der Waals surface area contributed by atoms with Crippen molar-refractivity contribution < 1.29 is 17.6 Å². The fraction of sp³-hybridized carbons (Fsp3) is 0.250. The Morgan fingerprint density at radius 2 is 1.73 bits per heavy atom. The average Bonchev–Trinajstić information content (AvgIpc) is 1.82. The van der Waals surface area contributed by atoms with Crippen LogP contribution >= 0.6 is 22.6 Å². The monoisotopic (exact) mass is 282 g/mol. The maximum absolute atomic E-state index is 11.8. The highest BCUT2D eigenvalue weighted by Gasteiger charge is 2.34. The molecule has 0 radical (unpaired) electrons. The lowest BCUT2D eigenvalue weighted by molar-refractivity contribution is -0.0926. The Labute approximate surface area is 73.1 Å². The highest BCUT2D eigenvalue weighted by atomic mass is 127. The van der Waals surface area contributed by atoms with Crippen LogP contribution in [0.3, 0.4) is 0 Å². The minimum absolute atomic E-state index is 0.921. The number of nitrogens with one attached hydrogen (secondary N) is 1. The molecule has 0 rings (SSSR count). The van der Waals surface area contributed by atoms with Gasteiger partial charge in [-0.2, -0.15) is 17.6 Å². The Morgan fingerprint density at radius 1 is 1.36 bits per heavy atom. The molecule has 3 N–H and O–H groups in total. The summed E-state index contributed by atoms with van der Waals surface area (Å²) in [5.74, 6) is -1.68. The van der Waals surface area contributed by atoms with E-state index in [1.807, 2.05) is 0 Å². The molecule has 0 saturated carbocycles. The lowest BCUT2D eigenvalue weighted by atomic mass is 10.4. The minimum Gasteiger partial charge on any atom is -0.394 e. The number of allylic oxidation sites excluding steroid dienone is 2. The van der Waals surface area contributed by atoms with Gasteiger partial charge in [0.25, 0.3) is 0 Å². The van der Waals surface area contributed by atoms with Gasteiger partial charge >= 0.3 is 6.18 Å². The van der Waals surface area contributed by atoms with E-state index in [1.165, 1.54) is 0 Å². The zero-order valence-electron chi connectivity index (χ0n) is 4.97. The van der Waals surface area contributed by atoms with Crippen LogP contribution in [0.5, 0.6) is 0 Å². The largest absolute Gasteiger partial charge is 0.431 e. The number of nitrogens with two attached hydrogens (primary N) is 1. The molecular formula is C4H3F4IN2. The fourth-order valence-electron chi connectivity index (χ4n) is 0.243. The first-order valence-corrected chi connectivity index (χ1v) is 3.31. The first kappa shape index (κ1) is 10.7. The van der Waals surface area contributed by atoms with Crippen LogP contribution in [0.25, 0.3) is 0 Å². The Kier molecular flexibility index (Phi) is 3.27. The molecule has 7 heteroatoms. The molecule has 0 aliphatic rings. The second kappa shape index (κ2) is 3.37. The van der Waals surface area contributed by atoms with Crippen molar-refractivity contribution in [3.05, 3.63) is 9.28 Å². The summed E-state index contributed by atoms with van der Waals surface area (Å²) in [6.45, 7) is 0. The molecule has 64 valence electrons. The molecule has 0 atom stereocenters. The van der Waals surface area contributed by atoms with Crippen molar-refractivity contribution in [1.82, 2.24) is 0 Å². The number of rotatable bonds is 1. The third-order valence-corrected chi connectivity index (χ3v) is 1.79. The second-order valence-electron chi connectivity index (χ2n) is 1.54. The van der Waals surface area contributed by atoms with Gasteiger partial charge in [-0.1, -0.05) is 0 Å². The average molecular weight is 282 g/mol. The van der Waals surface area contributed by atoms with Gasteiger partial charge in [-0.15, -0.1) is 0 Å².